The second-order valence-corrected chi connectivity index (χ2v) is 7.96. The van der Waals surface area contributed by atoms with E-state index in [-0.39, 0.29) is 37.9 Å². The van der Waals surface area contributed by atoms with Gasteiger partial charge in [-0.3, -0.25) is 0 Å². The predicted octanol–water partition coefficient (Wildman–Crippen LogP) is 4.88. The lowest BCUT2D eigenvalue weighted by Crippen LogP contribution is -2.10. The highest BCUT2D eigenvalue weighted by atomic mass is 35.5. The number of esters is 1. The van der Waals surface area contributed by atoms with Gasteiger partial charge in [0.2, 0.25) is 0 Å². The minimum absolute atomic E-state index is 0.0226. The largest absolute Gasteiger partial charge is 0.462 e. The van der Waals surface area contributed by atoms with E-state index in [1.54, 1.807) is 13.0 Å². The predicted molar refractivity (Wildman–Crippen MR) is 106 cm³/mol. The van der Waals surface area contributed by atoms with E-state index < -0.39 is 16.1 Å². The zero-order valence-corrected chi connectivity index (χ0v) is 17.4. The molecule has 0 saturated heterocycles. The molecule has 2 aromatic carbocycles. The molecule has 0 aliphatic carbocycles. The fourth-order valence-corrected chi connectivity index (χ4v) is 3.54. The summed E-state index contributed by atoms with van der Waals surface area (Å²) in [7, 11) is -4.20. The van der Waals surface area contributed by atoms with Gasteiger partial charge in [-0.15, -0.1) is 0 Å². The third kappa shape index (κ3) is 5.40. The van der Waals surface area contributed by atoms with Gasteiger partial charge in [-0.05, 0) is 36.8 Å². The van der Waals surface area contributed by atoms with Gasteiger partial charge in [0, 0.05) is 6.07 Å². The topological polar surface area (TPSA) is 93.5 Å². The standard InChI is InChI=1S/C18H12Cl3NO5S/c1-2-26-18(23)12(10-22)7-11-3-5-13(6-4-11)28(24,25)27-17-9-15(20)14(19)8-16(17)21/h3-9H,2H2,1H3/b12-7+. The van der Waals surface area contributed by atoms with Gasteiger partial charge >= 0.3 is 16.1 Å². The van der Waals surface area contributed by atoms with Crippen LogP contribution in [-0.2, 0) is 19.6 Å². The number of nitriles is 1. The maximum Gasteiger partial charge on any atom is 0.348 e. The van der Waals surface area contributed by atoms with Gasteiger partial charge in [0.05, 0.1) is 21.7 Å². The molecule has 0 amide bonds. The fourth-order valence-electron chi connectivity index (χ4n) is 1.98. The van der Waals surface area contributed by atoms with Crippen LogP contribution in [0.4, 0.5) is 0 Å². The molecule has 146 valence electrons. The summed E-state index contributed by atoms with van der Waals surface area (Å²) in [5.41, 5.74) is 0.215. The summed E-state index contributed by atoms with van der Waals surface area (Å²) in [6.07, 6.45) is 1.28. The molecular formula is C18H12Cl3NO5S. The van der Waals surface area contributed by atoms with E-state index in [0.717, 1.165) is 0 Å². The minimum atomic E-state index is -4.20. The molecule has 0 aliphatic heterocycles. The highest BCUT2D eigenvalue weighted by molar-refractivity contribution is 7.87. The first-order chi connectivity index (χ1) is 13.2. The van der Waals surface area contributed by atoms with Gasteiger partial charge in [-0.25, -0.2) is 4.79 Å². The summed E-state index contributed by atoms with van der Waals surface area (Å²) in [4.78, 5) is 11.5. The first kappa shape index (κ1) is 22.1. The Kier molecular flexibility index (Phi) is 7.33. The molecule has 0 heterocycles. The summed E-state index contributed by atoms with van der Waals surface area (Å²) >= 11 is 17.6. The summed E-state index contributed by atoms with van der Waals surface area (Å²) in [6, 6.07) is 9.52. The molecule has 0 bridgehead atoms. The van der Waals surface area contributed by atoms with Gasteiger partial charge in [-0.2, -0.15) is 13.7 Å². The Morgan fingerprint density at radius 1 is 1.11 bits per heavy atom. The van der Waals surface area contributed by atoms with E-state index in [4.69, 9.17) is 49.0 Å². The molecule has 6 nitrogen and oxygen atoms in total. The molecule has 0 N–H and O–H groups in total. The molecule has 0 atom stereocenters. The number of halogens is 3. The van der Waals surface area contributed by atoms with Crippen molar-refractivity contribution in [2.45, 2.75) is 11.8 Å². The number of nitrogens with zero attached hydrogens (tertiary/aromatic N) is 1. The van der Waals surface area contributed by atoms with Gasteiger partial charge in [-0.1, -0.05) is 46.9 Å². The quantitative estimate of drug-likeness (QED) is 0.200. The summed E-state index contributed by atoms with van der Waals surface area (Å²) in [6.45, 7) is 1.75. The van der Waals surface area contributed by atoms with Gasteiger partial charge in [0.1, 0.15) is 16.5 Å². The van der Waals surface area contributed by atoms with Crippen LogP contribution in [0.3, 0.4) is 0 Å². The van der Waals surface area contributed by atoms with E-state index in [0.29, 0.717) is 5.56 Å². The van der Waals surface area contributed by atoms with Crippen molar-refractivity contribution in [1.82, 2.24) is 0 Å². The third-order valence-corrected chi connectivity index (χ3v) is 5.54. The second kappa shape index (κ2) is 9.30. The molecule has 0 aromatic heterocycles. The maximum atomic E-state index is 12.4. The molecule has 2 aromatic rings. The van der Waals surface area contributed by atoms with E-state index in [2.05, 4.69) is 0 Å². The molecule has 0 saturated carbocycles. The fraction of sp³-hybridized carbons (Fsp3) is 0.111. The molecule has 0 fully saturated rings. The normalized spacial score (nSPS) is 11.6. The Morgan fingerprint density at radius 2 is 1.71 bits per heavy atom. The van der Waals surface area contributed by atoms with Crippen molar-refractivity contribution in [3.8, 4) is 11.8 Å². The Labute approximate surface area is 177 Å². The average Bonchev–Trinajstić information content (AvgIpc) is 2.64. The van der Waals surface area contributed by atoms with Crippen molar-refractivity contribution in [2.24, 2.45) is 0 Å². The number of carbonyl (C=O) groups is 1. The van der Waals surface area contributed by atoms with Crippen molar-refractivity contribution in [2.75, 3.05) is 6.61 Å². The van der Waals surface area contributed by atoms with Crippen molar-refractivity contribution in [3.05, 3.63) is 62.6 Å². The van der Waals surface area contributed by atoms with Crippen LogP contribution in [0.1, 0.15) is 12.5 Å². The smallest absolute Gasteiger partial charge is 0.348 e. The Morgan fingerprint density at radius 3 is 2.29 bits per heavy atom. The van der Waals surface area contributed by atoms with Crippen LogP contribution in [0.25, 0.3) is 6.08 Å². The number of benzene rings is 2. The Balaban J connectivity index is 2.28. The lowest BCUT2D eigenvalue weighted by molar-refractivity contribution is -0.137. The first-order valence-electron chi connectivity index (χ1n) is 7.66. The lowest BCUT2D eigenvalue weighted by Gasteiger charge is -2.10. The highest BCUT2D eigenvalue weighted by Crippen LogP contribution is 2.35. The van der Waals surface area contributed by atoms with Gasteiger partial charge in [0.25, 0.3) is 0 Å². The number of carbonyl (C=O) groups excluding carboxylic acids is 1. The number of ether oxygens (including phenoxy) is 1. The zero-order valence-electron chi connectivity index (χ0n) is 14.3. The molecule has 0 aliphatic rings. The van der Waals surface area contributed by atoms with Crippen LogP contribution in [0.2, 0.25) is 15.1 Å². The molecule has 28 heavy (non-hydrogen) atoms. The second-order valence-electron chi connectivity index (χ2n) is 5.19. The number of hydrogen-bond donors (Lipinski definition) is 0. The molecule has 0 unspecified atom stereocenters. The summed E-state index contributed by atoms with van der Waals surface area (Å²) in [5.74, 6) is -0.937. The van der Waals surface area contributed by atoms with Gasteiger partial charge in [0.15, 0.2) is 5.75 Å². The minimum Gasteiger partial charge on any atom is -0.462 e. The maximum absolute atomic E-state index is 12.4. The van der Waals surface area contributed by atoms with E-state index in [1.807, 2.05) is 0 Å². The zero-order chi connectivity index (χ0) is 20.9. The van der Waals surface area contributed by atoms with E-state index >= 15 is 0 Å². The Hall–Kier alpha value is -2.24. The molecule has 10 heteroatoms. The van der Waals surface area contributed by atoms with Crippen molar-refractivity contribution < 1.29 is 22.1 Å². The average molecular weight is 461 g/mol. The van der Waals surface area contributed by atoms with Crippen molar-refractivity contribution in [1.29, 1.82) is 5.26 Å². The summed E-state index contributed by atoms with van der Waals surface area (Å²) < 4.78 is 34.7. The van der Waals surface area contributed by atoms with Crippen LogP contribution in [-0.4, -0.2) is 21.0 Å². The molecule has 0 spiro atoms. The SMILES string of the molecule is CCOC(=O)/C(C#N)=C/c1ccc(S(=O)(=O)Oc2cc(Cl)c(Cl)cc2Cl)cc1. The number of rotatable bonds is 6. The lowest BCUT2D eigenvalue weighted by atomic mass is 10.1. The van der Waals surface area contributed by atoms with Crippen LogP contribution in [0.15, 0.2) is 46.9 Å². The monoisotopic (exact) mass is 459 g/mol. The van der Waals surface area contributed by atoms with Crippen molar-refractivity contribution in [3.63, 3.8) is 0 Å². The highest BCUT2D eigenvalue weighted by Gasteiger charge is 2.19. The molecule has 0 radical (unpaired) electrons. The van der Waals surface area contributed by atoms with Crippen molar-refractivity contribution >= 4 is 57.0 Å². The van der Waals surface area contributed by atoms with Crippen LogP contribution >= 0.6 is 34.8 Å². The number of hydrogen-bond acceptors (Lipinski definition) is 6. The summed E-state index contributed by atoms with van der Waals surface area (Å²) in [5, 5.41) is 9.25. The van der Waals surface area contributed by atoms with E-state index in [9.17, 15) is 13.2 Å². The van der Waals surface area contributed by atoms with Crippen LogP contribution in [0.5, 0.6) is 5.75 Å². The first-order valence-corrected chi connectivity index (χ1v) is 10.2. The van der Waals surface area contributed by atoms with E-state index in [1.165, 1.54) is 42.5 Å². The third-order valence-electron chi connectivity index (χ3n) is 3.27. The van der Waals surface area contributed by atoms with Crippen LogP contribution in [0, 0.1) is 11.3 Å². The van der Waals surface area contributed by atoms with Crippen LogP contribution < -0.4 is 4.18 Å². The molecule has 2 rings (SSSR count). The molecular weight excluding hydrogens is 449 g/mol. The Bertz CT molecular complexity index is 1070. The van der Waals surface area contributed by atoms with Gasteiger partial charge < -0.3 is 8.92 Å².